The molecule has 1 aromatic heterocycles. The number of hydrogen-bond acceptors (Lipinski definition) is 4. The SMILES string of the molecule is Cc1oc(C(=O)C(=O)NC(C)(C)C)c(Cl)c1C(=O)Cc1cc(F)c(F)c(F)c1. The van der Waals surface area contributed by atoms with E-state index in [0.29, 0.717) is 12.1 Å². The van der Waals surface area contributed by atoms with Crippen LogP contribution in [0.5, 0.6) is 0 Å². The van der Waals surface area contributed by atoms with Crippen LogP contribution in [-0.2, 0) is 11.2 Å². The third kappa shape index (κ3) is 4.62. The van der Waals surface area contributed by atoms with Gasteiger partial charge < -0.3 is 9.73 Å². The first kappa shape index (κ1) is 21.7. The average Bonchev–Trinajstić information content (AvgIpc) is 2.84. The highest BCUT2D eigenvalue weighted by molar-refractivity contribution is 6.47. The molecule has 2 rings (SSSR count). The number of benzene rings is 1. The van der Waals surface area contributed by atoms with Crippen molar-refractivity contribution in [1.82, 2.24) is 5.32 Å². The summed E-state index contributed by atoms with van der Waals surface area (Å²) in [6.45, 7) is 6.36. The monoisotopic (exact) mass is 415 g/mol. The first-order chi connectivity index (χ1) is 12.8. The van der Waals surface area contributed by atoms with Crippen molar-refractivity contribution in [2.75, 3.05) is 0 Å². The summed E-state index contributed by atoms with van der Waals surface area (Å²) in [5.41, 5.74) is -1.01. The average molecular weight is 416 g/mol. The lowest BCUT2D eigenvalue weighted by atomic mass is 10.0. The highest BCUT2D eigenvalue weighted by atomic mass is 35.5. The normalized spacial score (nSPS) is 11.4. The van der Waals surface area contributed by atoms with Gasteiger partial charge in [-0.2, -0.15) is 0 Å². The summed E-state index contributed by atoms with van der Waals surface area (Å²) in [6.07, 6.45) is -0.518. The third-order valence-electron chi connectivity index (χ3n) is 3.61. The number of carbonyl (C=O) groups excluding carboxylic acids is 3. The van der Waals surface area contributed by atoms with Gasteiger partial charge in [0.2, 0.25) is 0 Å². The smallest absolute Gasteiger partial charge is 0.296 e. The minimum atomic E-state index is -1.65. The van der Waals surface area contributed by atoms with Crippen molar-refractivity contribution < 1.29 is 32.0 Å². The number of carbonyl (C=O) groups is 3. The summed E-state index contributed by atoms with van der Waals surface area (Å²) >= 11 is 6.07. The number of amides is 1. The van der Waals surface area contributed by atoms with Crippen LogP contribution in [0.1, 0.15) is 53.0 Å². The maximum atomic E-state index is 13.3. The highest BCUT2D eigenvalue weighted by Gasteiger charge is 2.31. The zero-order chi connectivity index (χ0) is 21.4. The Morgan fingerprint density at radius 1 is 1.11 bits per heavy atom. The molecule has 0 fully saturated rings. The van der Waals surface area contributed by atoms with Gasteiger partial charge in [-0.3, -0.25) is 14.4 Å². The second-order valence-electron chi connectivity index (χ2n) is 7.18. The molecule has 0 aliphatic heterocycles. The maximum absolute atomic E-state index is 13.3. The van der Waals surface area contributed by atoms with Gasteiger partial charge in [0.05, 0.1) is 5.56 Å². The fraction of sp³-hybridized carbons (Fsp3) is 0.316. The van der Waals surface area contributed by atoms with Crippen LogP contribution in [0.15, 0.2) is 16.5 Å². The van der Waals surface area contributed by atoms with E-state index in [1.807, 2.05) is 0 Å². The summed E-state index contributed by atoms with van der Waals surface area (Å²) < 4.78 is 44.9. The fourth-order valence-electron chi connectivity index (χ4n) is 2.47. The predicted octanol–water partition coefficient (Wildman–Crippen LogP) is 4.18. The number of hydrogen-bond donors (Lipinski definition) is 1. The van der Waals surface area contributed by atoms with Gasteiger partial charge in [-0.1, -0.05) is 11.6 Å². The molecule has 0 saturated carbocycles. The molecular formula is C19H17ClF3NO4. The number of ketones is 2. The Bertz CT molecular complexity index is 953. The van der Waals surface area contributed by atoms with Crippen LogP contribution >= 0.6 is 11.6 Å². The molecule has 1 aromatic carbocycles. The molecule has 0 atom stereocenters. The van der Waals surface area contributed by atoms with Crippen molar-refractivity contribution in [3.63, 3.8) is 0 Å². The van der Waals surface area contributed by atoms with Gasteiger partial charge >= 0.3 is 0 Å². The van der Waals surface area contributed by atoms with Crippen LogP contribution in [-0.4, -0.2) is 23.0 Å². The summed E-state index contributed by atoms with van der Waals surface area (Å²) in [5.74, 6) is -7.82. The first-order valence-electron chi connectivity index (χ1n) is 8.14. The lowest BCUT2D eigenvalue weighted by Gasteiger charge is -2.19. The standard InChI is InChI=1S/C19H17ClF3NO4/c1-8-13(12(25)7-9-5-10(21)15(23)11(22)6-9)14(20)17(28-8)16(26)18(27)24-19(2,3)4/h5-6H,7H2,1-4H3,(H,24,27). The molecule has 2 aromatic rings. The molecule has 0 aliphatic rings. The molecule has 0 aliphatic carbocycles. The van der Waals surface area contributed by atoms with Gasteiger partial charge in [0, 0.05) is 12.0 Å². The maximum Gasteiger partial charge on any atom is 0.296 e. The Kier molecular flexibility index (Phi) is 6.03. The summed E-state index contributed by atoms with van der Waals surface area (Å²) in [7, 11) is 0. The minimum Gasteiger partial charge on any atom is -0.455 e. The number of halogens is 4. The molecule has 0 unspecified atom stereocenters. The van der Waals surface area contributed by atoms with Crippen LogP contribution in [0.3, 0.4) is 0 Å². The van der Waals surface area contributed by atoms with E-state index >= 15 is 0 Å². The molecule has 150 valence electrons. The Balaban J connectivity index is 2.31. The zero-order valence-electron chi connectivity index (χ0n) is 15.5. The molecule has 9 heteroatoms. The molecule has 1 amide bonds. The van der Waals surface area contributed by atoms with Crippen molar-refractivity contribution >= 4 is 29.1 Å². The molecule has 0 spiro atoms. The van der Waals surface area contributed by atoms with Crippen LogP contribution in [0.4, 0.5) is 13.2 Å². The van der Waals surface area contributed by atoms with E-state index in [0.717, 1.165) is 0 Å². The van der Waals surface area contributed by atoms with E-state index in [1.165, 1.54) is 6.92 Å². The Morgan fingerprint density at radius 3 is 2.14 bits per heavy atom. The lowest BCUT2D eigenvalue weighted by molar-refractivity contribution is -0.118. The van der Waals surface area contributed by atoms with Crippen LogP contribution in [0.25, 0.3) is 0 Å². The lowest BCUT2D eigenvalue weighted by Crippen LogP contribution is -2.44. The van der Waals surface area contributed by atoms with E-state index in [2.05, 4.69) is 5.32 Å². The molecule has 28 heavy (non-hydrogen) atoms. The number of nitrogens with one attached hydrogen (secondary N) is 1. The number of rotatable bonds is 5. The largest absolute Gasteiger partial charge is 0.455 e. The van der Waals surface area contributed by atoms with E-state index in [1.54, 1.807) is 20.8 Å². The van der Waals surface area contributed by atoms with Crippen molar-refractivity contribution in [2.24, 2.45) is 0 Å². The van der Waals surface area contributed by atoms with Gasteiger partial charge in [-0.15, -0.1) is 0 Å². The number of furan rings is 1. The molecule has 1 N–H and O–H groups in total. The van der Waals surface area contributed by atoms with Gasteiger partial charge in [0.1, 0.15) is 10.8 Å². The van der Waals surface area contributed by atoms with Gasteiger partial charge in [-0.25, -0.2) is 13.2 Å². The fourth-order valence-corrected chi connectivity index (χ4v) is 2.83. The van der Waals surface area contributed by atoms with Crippen molar-refractivity contribution in [2.45, 2.75) is 39.7 Å². The summed E-state index contributed by atoms with van der Waals surface area (Å²) in [4.78, 5) is 36.8. The predicted molar refractivity (Wildman–Crippen MR) is 95.0 cm³/mol. The third-order valence-corrected chi connectivity index (χ3v) is 3.97. The molecule has 0 bridgehead atoms. The summed E-state index contributed by atoms with van der Waals surface area (Å²) in [5, 5.41) is 2.07. The van der Waals surface area contributed by atoms with E-state index < -0.39 is 52.6 Å². The molecule has 0 saturated heterocycles. The summed E-state index contributed by atoms with van der Waals surface area (Å²) in [6, 6.07) is 1.37. The van der Waals surface area contributed by atoms with Crippen molar-refractivity contribution in [3.8, 4) is 0 Å². The second-order valence-corrected chi connectivity index (χ2v) is 7.56. The van der Waals surface area contributed by atoms with Gasteiger partial charge in [0.25, 0.3) is 11.7 Å². The quantitative estimate of drug-likeness (QED) is 0.451. The number of Topliss-reactive ketones (excluding diaryl/α,β-unsaturated/α-hetero) is 2. The Hall–Kier alpha value is -2.61. The highest BCUT2D eigenvalue weighted by Crippen LogP contribution is 2.30. The molecule has 1 heterocycles. The molecule has 0 radical (unpaired) electrons. The van der Waals surface area contributed by atoms with E-state index in [4.69, 9.17) is 16.0 Å². The van der Waals surface area contributed by atoms with Crippen molar-refractivity contribution in [3.05, 3.63) is 57.3 Å². The van der Waals surface area contributed by atoms with Crippen LogP contribution in [0.2, 0.25) is 5.02 Å². The van der Waals surface area contributed by atoms with Crippen molar-refractivity contribution in [1.29, 1.82) is 0 Å². The van der Waals surface area contributed by atoms with Crippen LogP contribution in [0, 0.1) is 24.4 Å². The minimum absolute atomic E-state index is 0.0371. The zero-order valence-corrected chi connectivity index (χ0v) is 16.3. The topological polar surface area (TPSA) is 76.4 Å². The first-order valence-corrected chi connectivity index (χ1v) is 8.52. The Labute approximate surface area is 163 Å². The van der Waals surface area contributed by atoms with Gasteiger partial charge in [-0.05, 0) is 45.4 Å². The van der Waals surface area contributed by atoms with E-state index in [-0.39, 0.29) is 21.9 Å². The number of aryl methyl sites for hydroxylation is 1. The van der Waals surface area contributed by atoms with Crippen LogP contribution < -0.4 is 5.32 Å². The Morgan fingerprint density at radius 2 is 1.64 bits per heavy atom. The molecule has 5 nitrogen and oxygen atoms in total. The van der Waals surface area contributed by atoms with Gasteiger partial charge in [0.15, 0.2) is 29.0 Å². The molecular weight excluding hydrogens is 399 g/mol. The second kappa shape index (κ2) is 7.79. The van der Waals surface area contributed by atoms with E-state index in [9.17, 15) is 27.6 Å².